The molecule has 0 unspecified atom stereocenters. The smallest absolute Gasteiger partial charge is 0.148 e. The number of nitriles is 1. The van der Waals surface area contributed by atoms with Crippen LogP contribution >= 0.6 is 15.9 Å². The molecule has 0 saturated heterocycles. The van der Waals surface area contributed by atoms with Gasteiger partial charge in [0.05, 0.1) is 17.1 Å². The number of methoxy groups -OCH3 is 1. The van der Waals surface area contributed by atoms with Gasteiger partial charge in [-0.05, 0) is 52.7 Å². The third-order valence-electron chi connectivity index (χ3n) is 2.62. The quantitative estimate of drug-likeness (QED) is 0.841. The average molecular weight is 318 g/mol. The van der Waals surface area contributed by atoms with Crippen LogP contribution in [-0.4, -0.2) is 7.11 Å². The SMILES string of the molecule is COc1ccc(C#N)c(Oc2ccc(C)cc2Br)c1. The largest absolute Gasteiger partial charge is 0.497 e. The molecule has 0 aliphatic rings. The molecule has 0 aromatic heterocycles. The second-order valence-corrected chi connectivity index (χ2v) is 4.86. The maximum atomic E-state index is 9.09. The Bertz CT molecular complexity index is 647. The Kier molecular flexibility index (Phi) is 4.08. The highest BCUT2D eigenvalue weighted by molar-refractivity contribution is 9.10. The number of hydrogen-bond donors (Lipinski definition) is 0. The van der Waals surface area contributed by atoms with Crippen molar-refractivity contribution in [3.05, 3.63) is 52.0 Å². The van der Waals surface area contributed by atoms with Gasteiger partial charge < -0.3 is 9.47 Å². The summed E-state index contributed by atoms with van der Waals surface area (Å²) in [6.07, 6.45) is 0. The molecule has 0 fully saturated rings. The Balaban J connectivity index is 2.39. The van der Waals surface area contributed by atoms with Crippen LogP contribution in [-0.2, 0) is 0 Å². The molecule has 0 spiro atoms. The van der Waals surface area contributed by atoms with Crippen LogP contribution in [0.4, 0.5) is 0 Å². The number of rotatable bonds is 3. The van der Waals surface area contributed by atoms with E-state index in [0.29, 0.717) is 22.8 Å². The van der Waals surface area contributed by atoms with Gasteiger partial charge in [0, 0.05) is 6.07 Å². The van der Waals surface area contributed by atoms with Gasteiger partial charge in [0.2, 0.25) is 0 Å². The zero-order valence-corrected chi connectivity index (χ0v) is 12.2. The van der Waals surface area contributed by atoms with Gasteiger partial charge >= 0.3 is 0 Å². The van der Waals surface area contributed by atoms with Crippen molar-refractivity contribution in [2.75, 3.05) is 7.11 Å². The molecule has 0 aliphatic carbocycles. The first kappa shape index (κ1) is 13.4. The summed E-state index contributed by atoms with van der Waals surface area (Å²) >= 11 is 3.45. The van der Waals surface area contributed by atoms with Crippen LogP contribution in [0.3, 0.4) is 0 Å². The van der Waals surface area contributed by atoms with Crippen LogP contribution in [0.5, 0.6) is 17.2 Å². The number of nitrogens with zero attached hydrogens (tertiary/aromatic N) is 1. The number of benzene rings is 2. The van der Waals surface area contributed by atoms with Crippen LogP contribution in [0, 0.1) is 18.3 Å². The Labute approximate surface area is 120 Å². The molecular formula is C15H12BrNO2. The van der Waals surface area contributed by atoms with Crippen molar-refractivity contribution in [3.63, 3.8) is 0 Å². The van der Waals surface area contributed by atoms with Crippen LogP contribution < -0.4 is 9.47 Å². The first-order valence-corrected chi connectivity index (χ1v) is 6.45. The van der Waals surface area contributed by atoms with E-state index in [1.165, 1.54) is 0 Å². The lowest BCUT2D eigenvalue weighted by Gasteiger charge is -2.11. The molecule has 2 aromatic carbocycles. The molecule has 0 radical (unpaired) electrons. The summed E-state index contributed by atoms with van der Waals surface area (Å²) in [5, 5.41) is 9.09. The molecule has 0 atom stereocenters. The summed E-state index contributed by atoms with van der Waals surface area (Å²) < 4.78 is 11.8. The second kappa shape index (κ2) is 5.77. The van der Waals surface area contributed by atoms with Crippen LogP contribution in [0.1, 0.15) is 11.1 Å². The average Bonchev–Trinajstić information content (AvgIpc) is 2.41. The molecular weight excluding hydrogens is 306 g/mol. The summed E-state index contributed by atoms with van der Waals surface area (Å²) in [5.74, 6) is 1.79. The molecule has 3 nitrogen and oxygen atoms in total. The van der Waals surface area contributed by atoms with E-state index in [0.717, 1.165) is 10.0 Å². The van der Waals surface area contributed by atoms with Crippen LogP contribution in [0.2, 0.25) is 0 Å². The number of ether oxygens (including phenoxy) is 2. The number of hydrogen-bond acceptors (Lipinski definition) is 3. The third kappa shape index (κ3) is 3.07. The fourth-order valence-corrected chi connectivity index (χ4v) is 2.19. The molecule has 4 heteroatoms. The van der Waals surface area contributed by atoms with E-state index < -0.39 is 0 Å². The van der Waals surface area contributed by atoms with Gasteiger partial charge in [-0.3, -0.25) is 0 Å². The highest BCUT2D eigenvalue weighted by atomic mass is 79.9. The second-order valence-electron chi connectivity index (χ2n) is 4.01. The van der Waals surface area contributed by atoms with Gasteiger partial charge in [0.1, 0.15) is 23.3 Å². The van der Waals surface area contributed by atoms with Crippen molar-refractivity contribution in [1.29, 1.82) is 5.26 Å². The molecule has 0 heterocycles. The normalized spacial score (nSPS) is 9.79. The molecule has 19 heavy (non-hydrogen) atoms. The summed E-state index contributed by atoms with van der Waals surface area (Å²) in [4.78, 5) is 0. The van der Waals surface area contributed by atoms with Crippen molar-refractivity contribution >= 4 is 15.9 Å². The minimum atomic E-state index is 0.466. The maximum Gasteiger partial charge on any atom is 0.148 e. The summed E-state index contributed by atoms with van der Waals surface area (Å²) in [5.41, 5.74) is 1.60. The van der Waals surface area contributed by atoms with E-state index in [1.807, 2.05) is 25.1 Å². The molecule has 96 valence electrons. The summed E-state index contributed by atoms with van der Waals surface area (Å²) in [6.45, 7) is 2.00. The summed E-state index contributed by atoms with van der Waals surface area (Å²) in [7, 11) is 1.58. The molecule has 2 aromatic rings. The highest BCUT2D eigenvalue weighted by Gasteiger charge is 2.09. The lowest BCUT2D eigenvalue weighted by molar-refractivity contribution is 0.408. The monoisotopic (exact) mass is 317 g/mol. The van der Waals surface area contributed by atoms with Gasteiger partial charge in [-0.15, -0.1) is 0 Å². The minimum Gasteiger partial charge on any atom is -0.497 e. The van der Waals surface area contributed by atoms with Crippen LogP contribution in [0.15, 0.2) is 40.9 Å². The van der Waals surface area contributed by atoms with Gasteiger partial charge in [0.15, 0.2) is 0 Å². The topological polar surface area (TPSA) is 42.2 Å². The Morgan fingerprint density at radius 1 is 1.11 bits per heavy atom. The fraction of sp³-hybridized carbons (Fsp3) is 0.133. The molecule has 0 amide bonds. The first-order chi connectivity index (χ1) is 9.13. The summed E-state index contributed by atoms with van der Waals surface area (Å²) in [6, 6.07) is 13.0. The van der Waals surface area contributed by atoms with Crippen molar-refractivity contribution in [1.82, 2.24) is 0 Å². The molecule has 0 saturated carbocycles. The van der Waals surface area contributed by atoms with E-state index in [2.05, 4.69) is 22.0 Å². The fourth-order valence-electron chi connectivity index (χ4n) is 1.61. The molecule has 0 N–H and O–H groups in total. The predicted molar refractivity (Wildman–Crippen MR) is 76.7 cm³/mol. The van der Waals surface area contributed by atoms with Gasteiger partial charge in [-0.1, -0.05) is 6.07 Å². The van der Waals surface area contributed by atoms with Crippen LogP contribution in [0.25, 0.3) is 0 Å². The maximum absolute atomic E-state index is 9.09. The van der Waals surface area contributed by atoms with E-state index in [-0.39, 0.29) is 0 Å². The Morgan fingerprint density at radius 3 is 2.53 bits per heavy atom. The zero-order valence-electron chi connectivity index (χ0n) is 10.6. The van der Waals surface area contributed by atoms with E-state index >= 15 is 0 Å². The number of aryl methyl sites for hydroxylation is 1. The first-order valence-electron chi connectivity index (χ1n) is 5.66. The lowest BCUT2D eigenvalue weighted by atomic mass is 10.2. The highest BCUT2D eigenvalue weighted by Crippen LogP contribution is 2.33. The molecule has 0 bridgehead atoms. The zero-order chi connectivity index (χ0) is 13.8. The van der Waals surface area contributed by atoms with E-state index in [1.54, 1.807) is 25.3 Å². The Hall–Kier alpha value is -1.99. The van der Waals surface area contributed by atoms with Crippen molar-refractivity contribution in [2.24, 2.45) is 0 Å². The third-order valence-corrected chi connectivity index (χ3v) is 3.24. The van der Waals surface area contributed by atoms with E-state index in [9.17, 15) is 0 Å². The van der Waals surface area contributed by atoms with E-state index in [4.69, 9.17) is 14.7 Å². The van der Waals surface area contributed by atoms with Gasteiger partial charge in [-0.2, -0.15) is 5.26 Å². The van der Waals surface area contributed by atoms with Gasteiger partial charge in [0.25, 0.3) is 0 Å². The van der Waals surface area contributed by atoms with Crippen molar-refractivity contribution < 1.29 is 9.47 Å². The Morgan fingerprint density at radius 2 is 1.89 bits per heavy atom. The minimum absolute atomic E-state index is 0.466. The van der Waals surface area contributed by atoms with Gasteiger partial charge in [-0.25, -0.2) is 0 Å². The predicted octanol–water partition coefficient (Wildman–Crippen LogP) is 4.43. The van der Waals surface area contributed by atoms with Crippen molar-refractivity contribution in [2.45, 2.75) is 6.92 Å². The van der Waals surface area contributed by atoms with Crippen molar-refractivity contribution in [3.8, 4) is 23.3 Å². The lowest BCUT2D eigenvalue weighted by Crippen LogP contribution is -1.91. The molecule has 2 rings (SSSR count). The number of halogens is 1. The molecule has 0 aliphatic heterocycles. The standard InChI is InChI=1S/C15H12BrNO2/c1-10-3-6-14(13(16)7-10)19-15-8-12(18-2)5-4-11(15)9-17/h3-8H,1-2H3.